The molecule has 34 heavy (non-hydrogen) atoms. The second kappa shape index (κ2) is 9.25. The fourth-order valence-electron chi connectivity index (χ4n) is 5.46. The number of carbonyl (C=O) groups excluding carboxylic acids is 2. The van der Waals surface area contributed by atoms with E-state index < -0.39 is 0 Å². The summed E-state index contributed by atoms with van der Waals surface area (Å²) in [5.41, 5.74) is 3.40. The van der Waals surface area contributed by atoms with Gasteiger partial charge in [-0.3, -0.25) is 9.59 Å². The Morgan fingerprint density at radius 2 is 1.76 bits per heavy atom. The lowest BCUT2D eigenvalue weighted by Gasteiger charge is -2.43. The number of piperazine rings is 1. The average Bonchev–Trinajstić information content (AvgIpc) is 3.37. The predicted molar refractivity (Wildman–Crippen MR) is 135 cm³/mol. The van der Waals surface area contributed by atoms with E-state index in [1.807, 2.05) is 49.2 Å². The average molecular weight is 463 g/mol. The number of likely N-dealkylation sites (N-methyl/N-ethyl adjacent to an activating group) is 2. The first-order chi connectivity index (χ1) is 16.4. The molecule has 1 saturated carbocycles. The molecule has 5 rings (SSSR count). The Morgan fingerprint density at radius 1 is 1.03 bits per heavy atom. The Morgan fingerprint density at radius 3 is 2.50 bits per heavy atom. The third-order valence-corrected chi connectivity index (χ3v) is 7.50. The van der Waals surface area contributed by atoms with Crippen molar-refractivity contribution in [2.24, 2.45) is 0 Å². The Hall–Kier alpha value is -3.13. The maximum atomic E-state index is 13.0. The zero-order chi connectivity index (χ0) is 23.8. The van der Waals surface area contributed by atoms with E-state index in [-0.39, 0.29) is 17.9 Å². The van der Waals surface area contributed by atoms with Gasteiger partial charge in [-0.2, -0.15) is 0 Å². The largest absolute Gasteiger partial charge is 0.355 e. The molecule has 1 saturated heterocycles. The van der Waals surface area contributed by atoms with Crippen molar-refractivity contribution < 1.29 is 9.59 Å². The Labute approximate surface area is 201 Å². The molecular formula is C26H34N6O2. The molecule has 180 valence electrons. The van der Waals surface area contributed by atoms with Crippen molar-refractivity contribution in [1.29, 1.82) is 0 Å². The van der Waals surface area contributed by atoms with Gasteiger partial charge in [-0.25, -0.2) is 4.98 Å². The number of amides is 2. The van der Waals surface area contributed by atoms with Gasteiger partial charge < -0.3 is 24.9 Å². The molecule has 8 nitrogen and oxygen atoms in total. The molecule has 1 aromatic heterocycles. The molecule has 1 aliphatic carbocycles. The van der Waals surface area contributed by atoms with E-state index in [1.165, 1.54) is 12.8 Å². The first-order valence-corrected chi connectivity index (χ1v) is 12.3. The molecule has 2 amide bonds. The summed E-state index contributed by atoms with van der Waals surface area (Å²) in [6.07, 6.45) is 6.42. The van der Waals surface area contributed by atoms with Gasteiger partial charge in [0, 0.05) is 56.6 Å². The predicted octanol–water partition coefficient (Wildman–Crippen LogP) is 3.33. The van der Waals surface area contributed by atoms with E-state index in [0.29, 0.717) is 17.4 Å². The zero-order valence-corrected chi connectivity index (χ0v) is 20.3. The summed E-state index contributed by atoms with van der Waals surface area (Å²) < 4.78 is 0. The molecule has 0 unspecified atom stereocenters. The van der Waals surface area contributed by atoms with Crippen molar-refractivity contribution in [1.82, 2.24) is 14.8 Å². The molecule has 8 heteroatoms. The number of carbonyl (C=O) groups is 2. The third kappa shape index (κ3) is 4.22. The van der Waals surface area contributed by atoms with E-state index >= 15 is 0 Å². The van der Waals surface area contributed by atoms with Gasteiger partial charge in [-0.15, -0.1) is 0 Å². The quantitative estimate of drug-likeness (QED) is 0.752. The highest BCUT2D eigenvalue weighted by molar-refractivity contribution is 6.05. The molecular weight excluding hydrogens is 428 g/mol. The van der Waals surface area contributed by atoms with Crippen LogP contribution in [0.4, 0.5) is 22.9 Å². The van der Waals surface area contributed by atoms with Gasteiger partial charge in [0.2, 0.25) is 5.91 Å². The van der Waals surface area contributed by atoms with Gasteiger partial charge in [-0.1, -0.05) is 18.9 Å². The number of fused-ring (bicyclic) bond motifs is 1. The standard InChI is InChI=1S/C26H34N6O2/c1-18-25(33)30(3)23-17-27-24(16-22(23)32(18)21-9-4-5-10-21)28-20-8-6-7-19(15-20)26(34)31-13-11-29(2)12-14-31/h6-8,15-18,21H,4-5,9-14H2,1-3H3,(H,27,28)/t18-/m1/s1. The monoisotopic (exact) mass is 462 g/mol. The molecule has 1 aromatic carbocycles. The van der Waals surface area contributed by atoms with Gasteiger partial charge in [0.1, 0.15) is 11.9 Å². The normalized spacial score (nSPS) is 21.7. The third-order valence-electron chi connectivity index (χ3n) is 7.50. The summed E-state index contributed by atoms with van der Waals surface area (Å²) in [6, 6.07) is 9.86. The second-order valence-corrected chi connectivity index (χ2v) is 9.78. The summed E-state index contributed by atoms with van der Waals surface area (Å²) in [5.74, 6) is 0.884. The van der Waals surface area contributed by atoms with Crippen molar-refractivity contribution in [2.75, 3.05) is 55.4 Å². The van der Waals surface area contributed by atoms with Crippen LogP contribution in [-0.4, -0.2) is 79.0 Å². The Bertz CT molecular complexity index is 1070. The van der Waals surface area contributed by atoms with Gasteiger partial charge in [-0.05, 0) is 45.0 Å². The minimum absolute atomic E-state index is 0.0662. The Balaban J connectivity index is 1.39. The molecule has 0 radical (unpaired) electrons. The van der Waals surface area contributed by atoms with Crippen LogP contribution in [0, 0.1) is 0 Å². The summed E-state index contributed by atoms with van der Waals surface area (Å²) in [7, 11) is 3.91. The molecule has 3 heterocycles. The van der Waals surface area contributed by atoms with Gasteiger partial charge in [0.25, 0.3) is 5.91 Å². The topological polar surface area (TPSA) is 72.0 Å². The highest BCUT2D eigenvalue weighted by atomic mass is 16.2. The van der Waals surface area contributed by atoms with Crippen molar-refractivity contribution >= 4 is 34.7 Å². The van der Waals surface area contributed by atoms with Crippen LogP contribution in [0.3, 0.4) is 0 Å². The minimum Gasteiger partial charge on any atom is -0.355 e. The van der Waals surface area contributed by atoms with Crippen LogP contribution >= 0.6 is 0 Å². The fraction of sp³-hybridized carbons (Fsp3) is 0.500. The number of nitrogens with one attached hydrogen (secondary N) is 1. The van der Waals surface area contributed by atoms with Crippen molar-refractivity contribution in [3.63, 3.8) is 0 Å². The van der Waals surface area contributed by atoms with E-state index in [9.17, 15) is 9.59 Å². The summed E-state index contributed by atoms with van der Waals surface area (Å²) >= 11 is 0. The molecule has 2 fully saturated rings. The molecule has 0 bridgehead atoms. The number of rotatable bonds is 4. The van der Waals surface area contributed by atoms with Crippen LogP contribution in [0.1, 0.15) is 43.0 Å². The van der Waals surface area contributed by atoms with Crippen LogP contribution in [0.25, 0.3) is 0 Å². The minimum atomic E-state index is -0.194. The highest BCUT2D eigenvalue weighted by Crippen LogP contribution is 2.41. The van der Waals surface area contributed by atoms with E-state index in [2.05, 4.69) is 27.1 Å². The lowest BCUT2D eigenvalue weighted by Crippen LogP contribution is -2.54. The van der Waals surface area contributed by atoms with Gasteiger partial charge >= 0.3 is 0 Å². The molecule has 2 aromatic rings. The second-order valence-electron chi connectivity index (χ2n) is 9.78. The molecule has 0 spiro atoms. The van der Waals surface area contributed by atoms with Crippen LogP contribution in [-0.2, 0) is 4.79 Å². The number of nitrogens with zero attached hydrogens (tertiary/aromatic N) is 5. The first-order valence-electron chi connectivity index (χ1n) is 12.3. The number of anilines is 4. The molecule has 2 aliphatic heterocycles. The highest BCUT2D eigenvalue weighted by Gasteiger charge is 2.38. The van der Waals surface area contributed by atoms with Crippen molar-refractivity contribution in [3.8, 4) is 0 Å². The van der Waals surface area contributed by atoms with E-state index in [4.69, 9.17) is 0 Å². The molecule has 3 aliphatic rings. The number of hydrogen-bond donors (Lipinski definition) is 1. The van der Waals surface area contributed by atoms with Crippen LogP contribution in [0.5, 0.6) is 0 Å². The maximum absolute atomic E-state index is 13.0. The lowest BCUT2D eigenvalue weighted by atomic mass is 10.0. The van der Waals surface area contributed by atoms with E-state index in [1.54, 1.807) is 11.1 Å². The number of hydrogen-bond acceptors (Lipinski definition) is 6. The molecule has 1 N–H and O–H groups in total. The first kappa shape index (κ1) is 22.7. The summed E-state index contributed by atoms with van der Waals surface area (Å²) in [6.45, 7) is 5.30. The number of aromatic nitrogens is 1. The molecule has 1 atom stereocenters. The van der Waals surface area contributed by atoms with Crippen LogP contribution in [0.15, 0.2) is 36.5 Å². The number of benzene rings is 1. The van der Waals surface area contributed by atoms with Crippen molar-refractivity contribution in [3.05, 3.63) is 42.1 Å². The SMILES string of the molecule is C[C@@H]1C(=O)N(C)c2cnc(Nc3cccc(C(=O)N4CCN(C)CC4)c3)cc2N1C1CCCC1. The van der Waals surface area contributed by atoms with Gasteiger partial charge in [0.15, 0.2) is 0 Å². The number of pyridine rings is 1. The fourth-order valence-corrected chi connectivity index (χ4v) is 5.46. The van der Waals surface area contributed by atoms with Gasteiger partial charge in [0.05, 0.1) is 17.6 Å². The summed E-state index contributed by atoms with van der Waals surface area (Å²) in [5, 5.41) is 3.39. The zero-order valence-electron chi connectivity index (χ0n) is 20.3. The smallest absolute Gasteiger partial charge is 0.254 e. The summed E-state index contributed by atoms with van der Waals surface area (Å²) in [4.78, 5) is 38.7. The van der Waals surface area contributed by atoms with Crippen molar-refractivity contribution in [2.45, 2.75) is 44.7 Å². The van der Waals surface area contributed by atoms with Crippen LogP contribution in [0.2, 0.25) is 0 Å². The van der Waals surface area contributed by atoms with Crippen LogP contribution < -0.4 is 15.1 Å². The Kier molecular flexibility index (Phi) is 6.16. The lowest BCUT2D eigenvalue weighted by molar-refractivity contribution is -0.119. The maximum Gasteiger partial charge on any atom is 0.254 e. The van der Waals surface area contributed by atoms with E-state index in [0.717, 1.165) is 56.1 Å².